The van der Waals surface area contributed by atoms with Crippen molar-refractivity contribution in [2.75, 3.05) is 5.32 Å². The van der Waals surface area contributed by atoms with Crippen LogP contribution in [0.2, 0.25) is 0 Å². The van der Waals surface area contributed by atoms with Gasteiger partial charge in [0.05, 0.1) is 0 Å². The number of nitrogens with one attached hydrogen (secondary N) is 1. The Morgan fingerprint density at radius 1 is 0.864 bits per heavy atom. The van der Waals surface area contributed by atoms with Gasteiger partial charge in [-0.05, 0) is 54.0 Å². The van der Waals surface area contributed by atoms with Gasteiger partial charge in [0.2, 0.25) is 0 Å². The summed E-state index contributed by atoms with van der Waals surface area (Å²) in [7, 11) is 0. The van der Waals surface area contributed by atoms with Gasteiger partial charge < -0.3 is 5.32 Å². The number of aryl methyl sites for hydroxylation is 2. The van der Waals surface area contributed by atoms with E-state index in [9.17, 15) is 4.79 Å². The molecule has 1 aliphatic carbocycles. The lowest BCUT2D eigenvalue weighted by atomic mass is 10.1. The van der Waals surface area contributed by atoms with Crippen molar-refractivity contribution < 1.29 is 4.79 Å². The van der Waals surface area contributed by atoms with Crippen LogP contribution in [0.15, 0.2) is 60.7 Å². The van der Waals surface area contributed by atoms with Gasteiger partial charge in [-0.3, -0.25) is 4.79 Å². The molecule has 22 heavy (non-hydrogen) atoms. The van der Waals surface area contributed by atoms with Gasteiger partial charge in [0.25, 0.3) is 5.91 Å². The second-order valence-electron chi connectivity index (χ2n) is 5.82. The summed E-state index contributed by atoms with van der Waals surface area (Å²) in [6.07, 6.45) is 3.43. The fourth-order valence-corrected chi connectivity index (χ4v) is 3.24. The maximum atomic E-state index is 12.5. The Morgan fingerprint density at radius 3 is 2.64 bits per heavy atom. The highest BCUT2D eigenvalue weighted by Gasteiger charge is 2.14. The molecule has 1 amide bonds. The zero-order valence-corrected chi connectivity index (χ0v) is 12.3. The lowest BCUT2D eigenvalue weighted by Crippen LogP contribution is -2.12. The first-order valence-electron chi connectivity index (χ1n) is 7.72. The van der Waals surface area contributed by atoms with Gasteiger partial charge in [0.15, 0.2) is 0 Å². The fraction of sp³-hybridized carbons (Fsp3) is 0.150. The number of carbonyl (C=O) groups excluding carboxylic acids is 1. The van der Waals surface area contributed by atoms with Crippen molar-refractivity contribution in [3.63, 3.8) is 0 Å². The van der Waals surface area contributed by atoms with Crippen molar-refractivity contribution in [3.8, 4) is 0 Å². The Labute approximate surface area is 129 Å². The predicted molar refractivity (Wildman–Crippen MR) is 90.4 cm³/mol. The number of hydrogen-bond acceptors (Lipinski definition) is 1. The zero-order valence-electron chi connectivity index (χ0n) is 12.3. The third kappa shape index (κ3) is 2.27. The molecule has 3 aromatic rings. The molecule has 0 aliphatic heterocycles. The second kappa shape index (κ2) is 5.30. The number of rotatable bonds is 2. The Hall–Kier alpha value is -2.61. The van der Waals surface area contributed by atoms with E-state index in [1.807, 2.05) is 42.5 Å². The molecule has 0 aromatic heterocycles. The maximum Gasteiger partial charge on any atom is 0.255 e. The van der Waals surface area contributed by atoms with Crippen LogP contribution in [0.5, 0.6) is 0 Å². The SMILES string of the molecule is O=C(Nc1cccc2ccccc12)c1ccc2c(c1)CCC2. The highest BCUT2D eigenvalue weighted by Crippen LogP contribution is 2.25. The Kier molecular flexibility index (Phi) is 3.15. The molecule has 0 fully saturated rings. The van der Waals surface area contributed by atoms with E-state index in [1.54, 1.807) is 0 Å². The summed E-state index contributed by atoms with van der Waals surface area (Å²) < 4.78 is 0. The van der Waals surface area contributed by atoms with Crippen LogP contribution < -0.4 is 5.32 Å². The first-order valence-corrected chi connectivity index (χ1v) is 7.72. The van der Waals surface area contributed by atoms with Crippen molar-refractivity contribution in [2.24, 2.45) is 0 Å². The van der Waals surface area contributed by atoms with Gasteiger partial charge in [-0.25, -0.2) is 0 Å². The Bertz CT molecular complexity index is 861. The molecule has 3 aromatic carbocycles. The van der Waals surface area contributed by atoms with E-state index in [4.69, 9.17) is 0 Å². The molecule has 4 rings (SSSR count). The molecule has 0 spiro atoms. The average Bonchev–Trinajstić information content (AvgIpc) is 3.02. The lowest BCUT2D eigenvalue weighted by Gasteiger charge is -2.10. The van der Waals surface area contributed by atoms with Crippen LogP contribution in [0.25, 0.3) is 10.8 Å². The molecule has 2 nitrogen and oxygen atoms in total. The van der Waals surface area contributed by atoms with E-state index in [2.05, 4.69) is 23.5 Å². The average molecular weight is 287 g/mol. The van der Waals surface area contributed by atoms with E-state index < -0.39 is 0 Å². The fourth-order valence-electron chi connectivity index (χ4n) is 3.24. The molecule has 1 N–H and O–H groups in total. The summed E-state index contributed by atoms with van der Waals surface area (Å²) in [5, 5.41) is 5.26. The molecule has 0 unspecified atom stereocenters. The van der Waals surface area contributed by atoms with Crippen LogP contribution in [0, 0.1) is 0 Å². The van der Waals surface area contributed by atoms with Gasteiger partial charge in [-0.2, -0.15) is 0 Å². The zero-order chi connectivity index (χ0) is 14.9. The van der Waals surface area contributed by atoms with E-state index in [1.165, 1.54) is 17.5 Å². The number of anilines is 1. The van der Waals surface area contributed by atoms with Crippen LogP contribution >= 0.6 is 0 Å². The summed E-state index contributed by atoms with van der Waals surface area (Å²) in [5.74, 6) is -0.0361. The molecule has 2 heteroatoms. The highest BCUT2D eigenvalue weighted by molar-refractivity contribution is 6.09. The molecule has 1 aliphatic rings. The number of benzene rings is 3. The largest absolute Gasteiger partial charge is 0.321 e. The summed E-state index contributed by atoms with van der Waals surface area (Å²) in [5.41, 5.74) is 4.32. The first-order chi connectivity index (χ1) is 10.8. The van der Waals surface area contributed by atoms with Crippen LogP contribution in [0.1, 0.15) is 27.9 Å². The van der Waals surface area contributed by atoms with Crippen LogP contribution in [0.4, 0.5) is 5.69 Å². The normalized spacial score (nSPS) is 13.1. The minimum Gasteiger partial charge on any atom is -0.321 e. The smallest absolute Gasteiger partial charge is 0.255 e. The van der Waals surface area contributed by atoms with Gasteiger partial charge in [0.1, 0.15) is 0 Å². The van der Waals surface area contributed by atoms with E-state index in [0.29, 0.717) is 0 Å². The van der Waals surface area contributed by atoms with Gasteiger partial charge >= 0.3 is 0 Å². The molecular formula is C20H17NO. The van der Waals surface area contributed by atoms with Crippen molar-refractivity contribution in [2.45, 2.75) is 19.3 Å². The number of hydrogen-bond donors (Lipinski definition) is 1. The first kappa shape index (κ1) is 13.1. The maximum absolute atomic E-state index is 12.5. The topological polar surface area (TPSA) is 29.1 Å². The van der Waals surface area contributed by atoms with E-state index in [-0.39, 0.29) is 5.91 Å². The molecule has 0 saturated heterocycles. The molecule has 0 heterocycles. The van der Waals surface area contributed by atoms with Crippen molar-refractivity contribution in [1.29, 1.82) is 0 Å². The summed E-state index contributed by atoms with van der Waals surface area (Å²) in [6, 6.07) is 20.2. The number of amides is 1. The quantitative estimate of drug-likeness (QED) is 0.734. The molecule has 0 saturated carbocycles. The lowest BCUT2D eigenvalue weighted by molar-refractivity contribution is 0.102. The molecule has 0 atom stereocenters. The highest BCUT2D eigenvalue weighted by atomic mass is 16.1. The van der Waals surface area contributed by atoms with Crippen molar-refractivity contribution in [1.82, 2.24) is 0 Å². The summed E-state index contributed by atoms with van der Waals surface area (Å²) in [6.45, 7) is 0. The van der Waals surface area contributed by atoms with Crippen molar-refractivity contribution in [3.05, 3.63) is 77.4 Å². The Balaban J connectivity index is 1.66. The van der Waals surface area contributed by atoms with Crippen molar-refractivity contribution >= 4 is 22.4 Å². The second-order valence-corrected chi connectivity index (χ2v) is 5.82. The van der Waals surface area contributed by atoms with E-state index >= 15 is 0 Å². The van der Waals surface area contributed by atoms with Gasteiger partial charge in [0, 0.05) is 16.6 Å². The summed E-state index contributed by atoms with van der Waals surface area (Å²) >= 11 is 0. The molecule has 108 valence electrons. The molecular weight excluding hydrogens is 270 g/mol. The van der Waals surface area contributed by atoms with E-state index in [0.717, 1.165) is 34.9 Å². The standard InChI is InChI=1S/C20H17NO/c22-20(17-12-11-14-6-3-8-16(14)13-17)21-19-10-4-7-15-5-1-2-9-18(15)19/h1-2,4-5,7,9-13H,3,6,8H2,(H,21,22). The molecule has 0 radical (unpaired) electrons. The van der Waals surface area contributed by atoms with Gasteiger partial charge in [-0.1, -0.05) is 42.5 Å². The van der Waals surface area contributed by atoms with Gasteiger partial charge in [-0.15, -0.1) is 0 Å². The third-order valence-corrected chi connectivity index (χ3v) is 4.40. The Morgan fingerprint density at radius 2 is 1.68 bits per heavy atom. The minimum absolute atomic E-state index is 0.0361. The summed E-state index contributed by atoms with van der Waals surface area (Å²) in [4.78, 5) is 12.5. The van der Waals surface area contributed by atoms with Crippen LogP contribution in [0.3, 0.4) is 0 Å². The number of carbonyl (C=O) groups is 1. The third-order valence-electron chi connectivity index (χ3n) is 4.40. The number of fused-ring (bicyclic) bond motifs is 2. The minimum atomic E-state index is -0.0361. The van der Waals surface area contributed by atoms with Crippen LogP contribution in [-0.4, -0.2) is 5.91 Å². The monoisotopic (exact) mass is 287 g/mol. The van der Waals surface area contributed by atoms with Crippen LogP contribution in [-0.2, 0) is 12.8 Å². The predicted octanol–water partition coefficient (Wildman–Crippen LogP) is 4.58. The molecule has 0 bridgehead atoms.